The molecule has 0 aliphatic carbocycles. The van der Waals surface area contributed by atoms with Gasteiger partial charge in [0.25, 0.3) is 0 Å². The molecular formula is C10H20O2. The third-order valence-electron chi connectivity index (χ3n) is 2.25. The molecule has 2 aliphatic rings. The Balaban J connectivity index is 0.000000120. The molecule has 2 heteroatoms. The Kier molecular flexibility index (Phi) is 4.02. The van der Waals surface area contributed by atoms with Crippen molar-refractivity contribution >= 4 is 0 Å². The first-order valence-corrected chi connectivity index (χ1v) is 5.05. The standard InChI is InChI=1S/2C5H10O/c1-3-5-4(2)6-5;1-2-3-5-4-6-5/h4-5H,3H2,1-2H3;5H,2-4H2,1H3. The zero-order valence-corrected chi connectivity index (χ0v) is 8.38. The first-order chi connectivity index (χ1) is 5.77. The summed E-state index contributed by atoms with van der Waals surface area (Å²) in [4.78, 5) is 0. The summed E-state index contributed by atoms with van der Waals surface area (Å²) in [7, 11) is 0. The van der Waals surface area contributed by atoms with Crippen LogP contribution in [0.15, 0.2) is 0 Å². The van der Waals surface area contributed by atoms with Crippen LogP contribution in [-0.4, -0.2) is 24.9 Å². The summed E-state index contributed by atoms with van der Waals surface area (Å²) in [5.74, 6) is 0. The van der Waals surface area contributed by atoms with Crippen LogP contribution in [0.25, 0.3) is 0 Å². The molecule has 2 aliphatic heterocycles. The van der Waals surface area contributed by atoms with Gasteiger partial charge in [0.2, 0.25) is 0 Å². The predicted molar refractivity (Wildman–Crippen MR) is 49.3 cm³/mol. The van der Waals surface area contributed by atoms with Gasteiger partial charge in [0, 0.05) is 0 Å². The highest BCUT2D eigenvalue weighted by molar-refractivity contribution is 4.77. The second-order valence-electron chi connectivity index (χ2n) is 3.53. The molecular weight excluding hydrogens is 152 g/mol. The van der Waals surface area contributed by atoms with Gasteiger partial charge in [0.1, 0.15) is 0 Å². The minimum Gasteiger partial charge on any atom is -0.373 e. The maximum absolute atomic E-state index is 5.07. The van der Waals surface area contributed by atoms with Crippen molar-refractivity contribution in [2.24, 2.45) is 0 Å². The van der Waals surface area contributed by atoms with Gasteiger partial charge in [0.05, 0.1) is 24.9 Å². The van der Waals surface area contributed by atoms with E-state index in [4.69, 9.17) is 9.47 Å². The summed E-state index contributed by atoms with van der Waals surface area (Å²) in [6, 6.07) is 0. The number of hydrogen-bond acceptors (Lipinski definition) is 2. The van der Waals surface area contributed by atoms with Crippen LogP contribution in [0.3, 0.4) is 0 Å². The number of epoxide rings is 2. The normalized spacial score (nSPS) is 36.8. The van der Waals surface area contributed by atoms with E-state index in [1.165, 1.54) is 19.3 Å². The molecule has 0 radical (unpaired) electrons. The van der Waals surface area contributed by atoms with Gasteiger partial charge in [-0.15, -0.1) is 0 Å². The highest BCUT2D eigenvalue weighted by Crippen LogP contribution is 2.23. The van der Waals surface area contributed by atoms with Gasteiger partial charge in [0.15, 0.2) is 0 Å². The van der Waals surface area contributed by atoms with Crippen LogP contribution in [0.2, 0.25) is 0 Å². The van der Waals surface area contributed by atoms with E-state index >= 15 is 0 Å². The van der Waals surface area contributed by atoms with Crippen molar-refractivity contribution in [3.05, 3.63) is 0 Å². The molecule has 2 heterocycles. The Hall–Kier alpha value is -0.0800. The van der Waals surface area contributed by atoms with E-state index < -0.39 is 0 Å². The van der Waals surface area contributed by atoms with Crippen molar-refractivity contribution in [1.29, 1.82) is 0 Å². The van der Waals surface area contributed by atoms with Crippen LogP contribution in [0.1, 0.15) is 40.0 Å². The van der Waals surface area contributed by atoms with E-state index in [-0.39, 0.29) is 0 Å². The minimum atomic E-state index is 0.565. The van der Waals surface area contributed by atoms with E-state index in [9.17, 15) is 0 Å². The molecule has 2 saturated heterocycles. The minimum absolute atomic E-state index is 0.565. The SMILES string of the molecule is CCC1OC1C.CCCC1CO1. The Bertz CT molecular complexity index is 119. The van der Waals surface area contributed by atoms with Crippen molar-refractivity contribution < 1.29 is 9.47 Å². The Morgan fingerprint density at radius 3 is 2.00 bits per heavy atom. The predicted octanol–water partition coefficient (Wildman–Crippen LogP) is 2.37. The van der Waals surface area contributed by atoms with Gasteiger partial charge in [-0.3, -0.25) is 0 Å². The third kappa shape index (κ3) is 4.07. The van der Waals surface area contributed by atoms with Crippen molar-refractivity contribution in [1.82, 2.24) is 0 Å². The third-order valence-corrected chi connectivity index (χ3v) is 2.25. The highest BCUT2D eigenvalue weighted by Gasteiger charge is 2.31. The van der Waals surface area contributed by atoms with E-state index in [1.54, 1.807) is 0 Å². The van der Waals surface area contributed by atoms with Crippen molar-refractivity contribution in [2.45, 2.75) is 58.3 Å². The highest BCUT2D eigenvalue weighted by atomic mass is 16.6. The molecule has 0 aromatic heterocycles. The van der Waals surface area contributed by atoms with Gasteiger partial charge in [-0.25, -0.2) is 0 Å². The maximum Gasteiger partial charge on any atom is 0.0836 e. The molecule has 12 heavy (non-hydrogen) atoms. The second kappa shape index (κ2) is 4.83. The van der Waals surface area contributed by atoms with E-state index in [2.05, 4.69) is 20.8 Å². The molecule has 0 amide bonds. The largest absolute Gasteiger partial charge is 0.373 e. The fourth-order valence-electron chi connectivity index (χ4n) is 1.22. The lowest BCUT2D eigenvalue weighted by Gasteiger charge is -1.79. The molecule has 0 spiro atoms. The molecule has 0 bridgehead atoms. The zero-order valence-electron chi connectivity index (χ0n) is 8.38. The van der Waals surface area contributed by atoms with Gasteiger partial charge < -0.3 is 9.47 Å². The van der Waals surface area contributed by atoms with Gasteiger partial charge in [-0.2, -0.15) is 0 Å². The van der Waals surface area contributed by atoms with Crippen LogP contribution in [0.4, 0.5) is 0 Å². The number of ether oxygens (including phenoxy) is 2. The summed E-state index contributed by atoms with van der Waals surface area (Å²) in [5.41, 5.74) is 0. The van der Waals surface area contributed by atoms with Crippen molar-refractivity contribution in [3.8, 4) is 0 Å². The molecule has 72 valence electrons. The topological polar surface area (TPSA) is 25.1 Å². The lowest BCUT2D eigenvalue weighted by atomic mass is 10.3. The molecule has 2 rings (SSSR count). The number of rotatable bonds is 3. The summed E-state index contributed by atoms with van der Waals surface area (Å²) >= 11 is 0. The van der Waals surface area contributed by atoms with Gasteiger partial charge in [-0.1, -0.05) is 20.3 Å². The van der Waals surface area contributed by atoms with Crippen molar-refractivity contribution in [2.75, 3.05) is 6.61 Å². The molecule has 3 unspecified atom stereocenters. The van der Waals surface area contributed by atoms with E-state index in [0.29, 0.717) is 18.3 Å². The van der Waals surface area contributed by atoms with E-state index in [0.717, 1.165) is 6.61 Å². The smallest absolute Gasteiger partial charge is 0.0836 e. The van der Waals surface area contributed by atoms with E-state index in [1.807, 2.05) is 0 Å². The average Bonchev–Trinajstić information content (AvgIpc) is 2.90. The Labute approximate surface area is 75.2 Å². The van der Waals surface area contributed by atoms with Crippen LogP contribution in [-0.2, 0) is 9.47 Å². The molecule has 2 nitrogen and oxygen atoms in total. The molecule has 0 saturated carbocycles. The summed E-state index contributed by atoms with van der Waals surface area (Å²) in [6.45, 7) is 7.46. The van der Waals surface area contributed by atoms with Crippen LogP contribution >= 0.6 is 0 Å². The monoisotopic (exact) mass is 172 g/mol. The molecule has 3 atom stereocenters. The second-order valence-corrected chi connectivity index (χ2v) is 3.53. The zero-order chi connectivity index (χ0) is 8.97. The quantitative estimate of drug-likeness (QED) is 0.610. The Morgan fingerprint density at radius 1 is 1.33 bits per heavy atom. The fourth-order valence-corrected chi connectivity index (χ4v) is 1.22. The molecule has 0 aromatic carbocycles. The molecule has 0 N–H and O–H groups in total. The lowest BCUT2D eigenvalue weighted by molar-refractivity contribution is 0.375. The summed E-state index contributed by atoms with van der Waals surface area (Å²) in [6.07, 6.45) is 5.53. The molecule has 0 aromatic rings. The van der Waals surface area contributed by atoms with Crippen LogP contribution in [0, 0.1) is 0 Å². The summed E-state index contributed by atoms with van der Waals surface area (Å²) in [5, 5.41) is 0. The molecule has 2 fully saturated rings. The average molecular weight is 172 g/mol. The lowest BCUT2D eigenvalue weighted by Crippen LogP contribution is -1.81. The fraction of sp³-hybridized carbons (Fsp3) is 1.00. The van der Waals surface area contributed by atoms with Gasteiger partial charge >= 0.3 is 0 Å². The summed E-state index contributed by atoms with van der Waals surface area (Å²) < 4.78 is 10.0. The maximum atomic E-state index is 5.07. The Morgan fingerprint density at radius 2 is 1.92 bits per heavy atom. The van der Waals surface area contributed by atoms with Crippen LogP contribution < -0.4 is 0 Å². The number of hydrogen-bond donors (Lipinski definition) is 0. The van der Waals surface area contributed by atoms with Gasteiger partial charge in [-0.05, 0) is 19.8 Å². The van der Waals surface area contributed by atoms with Crippen molar-refractivity contribution in [3.63, 3.8) is 0 Å². The van der Waals surface area contributed by atoms with Crippen LogP contribution in [0.5, 0.6) is 0 Å². The first-order valence-electron chi connectivity index (χ1n) is 5.05. The first kappa shape index (κ1) is 10.0.